The predicted octanol–water partition coefficient (Wildman–Crippen LogP) is 5.12. The molecule has 2 heterocycles. The van der Waals surface area contributed by atoms with Gasteiger partial charge < -0.3 is 19.3 Å². The van der Waals surface area contributed by atoms with Crippen molar-refractivity contribution in [3.63, 3.8) is 0 Å². The lowest BCUT2D eigenvalue weighted by Gasteiger charge is -2.26. The number of hydrogen-bond acceptors (Lipinski definition) is 5. The molecule has 0 spiro atoms. The Kier molecular flexibility index (Phi) is 4.89. The van der Waals surface area contributed by atoms with Crippen LogP contribution in [0.1, 0.15) is 16.7 Å². The first-order valence-electron chi connectivity index (χ1n) is 9.54. The Bertz CT molecular complexity index is 1220. The van der Waals surface area contributed by atoms with Gasteiger partial charge in [-0.2, -0.15) is 0 Å². The third-order valence-corrected chi connectivity index (χ3v) is 6.09. The van der Waals surface area contributed by atoms with E-state index in [-0.39, 0.29) is 23.8 Å². The minimum atomic E-state index is -1.99. The lowest BCUT2D eigenvalue weighted by Crippen LogP contribution is -2.29. The predicted molar refractivity (Wildman–Crippen MR) is 116 cm³/mol. The molecule has 0 bridgehead atoms. The molecule has 2 aliphatic heterocycles. The summed E-state index contributed by atoms with van der Waals surface area (Å²) in [5.41, 5.74) is 2.47. The summed E-state index contributed by atoms with van der Waals surface area (Å²) < 4.78 is 16.4. The van der Waals surface area contributed by atoms with Crippen LogP contribution in [-0.2, 0) is 21.7 Å². The molecule has 1 atom stereocenters. The number of rotatable bonds is 4. The summed E-state index contributed by atoms with van der Waals surface area (Å²) in [7, 11) is 0. The molecule has 7 heteroatoms. The molecule has 0 saturated heterocycles. The van der Waals surface area contributed by atoms with Crippen molar-refractivity contribution in [2.75, 3.05) is 6.79 Å². The van der Waals surface area contributed by atoms with Crippen LogP contribution >= 0.6 is 23.2 Å². The number of carbonyl (C=O) groups excluding carboxylic acids is 1. The fourth-order valence-corrected chi connectivity index (χ4v) is 4.13. The topological polar surface area (TPSA) is 65.0 Å². The van der Waals surface area contributed by atoms with Gasteiger partial charge in [0, 0.05) is 17.6 Å². The van der Waals surface area contributed by atoms with E-state index in [4.69, 9.17) is 37.4 Å². The molecule has 3 aromatic rings. The first kappa shape index (κ1) is 19.9. The summed E-state index contributed by atoms with van der Waals surface area (Å²) in [4.78, 5) is 13.0. The minimum Gasteiger partial charge on any atom is -0.454 e. The quantitative estimate of drug-likeness (QED) is 0.554. The van der Waals surface area contributed by atoms with Crippen molar-refractivity contribution in [1.29, 1.82) is 0 Å². The molecule has 0 saturated carbocycles. The summed E-state index contributed by atoms with van der Waals surface area (Å²) in [5.74, 6) is -1.51. The van der Waals surface area contributed by atoms with Crippen molar-refractivity contribution in [2.45, 2.75) is 12.2 Å². The molecule has 0 fully saturated rings. The van der Waals surface area contributed by atoms with Crippen molar-refractivity contribution in [3.05, 3.63) is 99.0 Å². The van der Waals surface area contributed by atoms with Crippen LogP contribution in [0.25, 0.3) is 5.57 Å². The molecule has 5 rings (SSSR count). The molecule has 1 N–H and O–H groups in total. The average Bonchev–Trinajstić information content (AvgIpc) is 3.33. The molecule has 0 aromatic heterocycles. The van der Waals surface area contributed by atoms with Gasteiger partial charge in [-0.1, -0.05) is 65.7 Å². The maximum atomic E-state index is 13.0. The van der Waals surface area contributed by atoms with E-state index in [1.807, 2.05) is 30.3 Å². The van der Waals surface area contributed by atoms with Crippen LogP contribution in [0.4, 0.5) is 0 Å². The molecule has 5 nitrogen and oxygen atoms in total. The van der Waals surface area contributed by atoms with Crippen molar-refractivity contribution >= 4 is 34.7 Å². The number of fused-ring (bicyclic) bond motifs is 1. The van der Waals surface area contributed by atoms with Crippen molar-refractivity contribution in [2.24, 2.45) is 0 Å². The van der Waals surface area contributed by atoms with Crippen molar-refractivity contribution < 1.29 is 24.1 Å². The molecule has 31 heavy (non-hydrogen) atoms. The van der Waals surface area contributed by atoms with Crippen LogP contribution in [0, 0.1) is 0 Å². The standard InChI is InChI=1S/C24H16Cl2O5/c25-18-8-7-16(12-19(18)26)24(28)17(10-14-4-2-1-3-5-14)22(23(27)31-24)15-6-9-20-21(11-15)30-13-29-20/h1-9,11-12,28H,10,13H2/t24-/m0/s1. The average molecular weight is 455 g/mol. The largest absolute Gasteiger partial charge is 0.454 e. The molecule has 0 radical (unpaired) electrons. The van der Waals surface area contributed by atoms with E-state index in [2.05, 4.69) is 0 Å². The Balaban J connectivity index is 1.70. The van der Waals surface area contributed by atoms with Crippen molar-refractivity contribution in [3.8, 4) is 11.5 Å². The van der Waals surface area contributed by atoms with E-state index in [0.717, 1.165) is 5.56 Å². The SMILES string of the molecule is O=C1O[C@@](O)(c2ccc(Cl)c(Cl)c2)C(Cc2ccccc2)=C1c1ccc2c(c1)OCO2. The number of esters is 1. The van der Waals surface area contributed by atoms with Crippen LogP contribution in [0.3, 0.4) is 0 Å². The van der Waals surface area contributed by atoms with Crippen LogP contribution in [0.15, 0.2) is 72.3 Å². The first-order valence-corrected chi connectivity index (χ1v) is 10.3. The fourth-order valence-electron chi connectivity index (χ4n) is 3.83. The minimum absolute atomic E-state index is 0.117. The van der Waals surface area contributed by atoms with Gasteiger partial charge in [-0.3, -0.25) is 0 Å². The highest BCUT2D eigenvalue weighted by atomic mass is 35.5. The summed E-state index contributed by atoms with van der Waals surface area (Å²) in [6.45, 7) is 0.117. The van der Waals surface area contributed by atoms with E-state index in [1.165, 1.54) is 6.07 Å². The van der Waals surface area contributed by atoms with Crippen LogP contribution < -0.4 is 9.47 Å². The zero-order valence-electron chi connectivity index (χ0n) is 16.1. The van der Waals surface area contributed by atoms with Gasteiger partial charge in [0.25, 0.3) is 5.79 Å². The molecule has 156 valence electrons. The summed E-state index contributed by atoms with van der Waals surface area (Å²) in [6.07, 6.45) is 0.285. The molecule has 0 unspecified atom stereocenters. The summed E-state index contributed by atoms with van der Waals surface area (Å²) in [6, 6.07) is 19.4. The van der Waals surface area contributed by atoms with Gasteiger partial charge in [0.05, 0.1) is 15.6 Å². The van der Waals surface area contributed by atoms with Gasteiger partial charge >= 0.3 is 5.97 Å². The van der Waals surface area contributed by atoms with Gasteiger partial charge in [-0.05, 0) is 35.4 Å². The number of hydrogen-bond donors (Lipinski definition) is 1. The Hall–Kier alpha value is -2.99. The number of carbonyl (C=O) groups is 1. The van der Waals surface area contributed by atoms with Crippen LogP contribution in [0.2, 0.25) is 10.0 Å². The Morgan fingerprint density at radius 2 is 1.68 bits per heavy atom. The van der Waals surface area contributed by atoms with E-state index < -0.39 is 11.8 Å². The van der Waals surface area contributed by atoms with E-state index in [0.29, 0.717) is 33.2 Å². The van der Waals surface area contributed by atoms with Gasteiger partial charge in [0.1, 0.15) is 0 Å². The number of halogens is 2. The number of cyclic esters (lactones) is 1. The van der Waals surface area contributed by atoms with E-state index in [9.17, 15) is 9.90 Å². The van der Waals surface area contributed by atoms with Gasteiger partial charge in [0.2, 0.25) is 6.79 Å². The third-order valence-electron chi connectivity index (χ3n) is 5.35. The Labute approximate surface area is 188 Å². The highest BCUT2D eigenvalue weighted by molar-refractivity contribution is 6.42. The van der Waals surface area contributed by atoms with Gasteiger partial charge in [0.15, 0.2) is 11.5 Å². The smallest absolute Gasteiger partial charge is 0.342 e. The lowest BCUT2D eigenvalue weighted by molar-refractivity contribution is -0.185. The number of ether oxygens (including phenoxy) is 3. The molecule has 2 aliphatic rings. The molecule has 0 amide bonds. The van der Waals surface area contributed by atoms with E-state index >= 15 is 0 Å². The van der Waals surface area contributed by atoms with Gasteiger partial charge in [-0.15, -0.1) is 0 Å². The lowest BCUT2D eigenvalue weighted by atomic mass is 9.88. The monoisotopic (exact) mass is 454 g/mol. The zero-order valence-corrected chi connectivity index (χ0v) is 17.6. The number of aliphatic hydroxyl groups is 1. The molecule has 0 aliphatic carbocycles. The first-order chi connectivity index (χ1) is 15.0. The second kappa shape index (κ2) is 7.61. The van der Waals surface area contributed by atoms with Crippen LogP contribution in [0.5, 0.6) is 11.5 Å². The normalized spacial score (nSPS) is 19.6. The maximum absolute atomic E-state index is 13.0. The second-order valence-electron chi connectivity index (χ2n) is 7.25. The molecule has 3 aromatic carbocycles. The fraction of sp³-hybridized carbons (Fsp3) is 0.125. The second-order valence-corrected chi connectivity index (χ2v) is 8.06. The van der Waals surface area contributed by atoms with Crippen molar-refractivity contribution in [1.82, 2.24) is 0 Å². The van der Waals surface area contributed by atoms with E-state index in [1.54, 1.807) is 30.3 Å². The summed E-state index contributed by atoms with van der Waals surface area (Å²) >= 11 is 12.2. The Morgan fingerprint density at radius 3 is 2.45 bits per heavy atom. The highest BCUT2D eigenvalue weighted by Crippen LogP contribution is 2.47. The maximum Gasteiger partial charge on any atom is 0.342 e. The molecular weight excluding hydrogens is 439 g/mol. The van der Waals surface area contributed by atoms with Crippen LogP contribution in [-0.4, -0.2) is 17.9 Å². The van der Waals surface area contributed by atoms with Gasteiger partial charge in [-0.25, -0.2) is 4.79 Å². The zero-order chi connectivity index (χ0) is 21.6. The molecular formula is C24H16Cl2O5. The number of benzene rings is 3. The summed E-state index contributed by atoms with van der Waals surface area (Å²) in [5, 5.41) is 12.2. The highest BCUT2D eigenvalue weighted by Gasteiger charge is 2.48. The third kappa shape index (κ3) is 3.45. The Morgan fingerprint density at radius 1 is 0.903 bits per heavy atom.